The summed E-state index contributed by atoms with van der Waals surface area (Å²) < 4.78 is 38.4. The minimum absolute atomic E-state index is 0.0198. The average molecular weight is 384 g/mol. The van der Waals surface area contributed by atoms with E-state index >= 15 is 0 Å². The summed E-state index contributed by atoms with van der Waals surface area (Å²) in [5, 5.41) is 5.94. The van der Waals surface area contributed by atoms with Crippen molar-refractivity contribution in [3.63, 3.8) is 0 Å². The van der Waals surface area contributed by atoms with Crippen molar-refractivity contribution < 1.29 is 18.0 Å². The van der Waals surface area contributed by atoms with Gasteiger partial charge in [-0.2, -0.15) is 18.3 Å². The van der Waals surface area contributed by atoms with Crippen LogP contribution in [0.4, 0.5) is 13.2 Å². The molecule has 3 atom stereocenters. The van der Waals surface area contributed by atoms with E-state index < -0.39 is 11.9 Å². The number of hydrogen-bond donors (Lipinski definition) is 2. The van der Waals surface area contributed by atoms with Crippen molar-refractivity contribution in [2.45, 2.75) is 63.1 Å². The van der Waals surface area contributed by atoms with E-state index in [0.29, 0.717) is 30.6 Å². The number of piperidine rings is 1. The molecule has 3 aliphatic rings. The Bertz CT molecular complexity index is 675. The maximum Gasteiger partial charge on any atom is 0.435 e. The highest BCUT2D eigenvalue weighted by molar-refractivity contribution is 5.79. The number of fused-ring (bicyclic) bond motifs is 2. The molecule has 2 saturated carbocycles. The van der Waals surface area contributed by atoms with Crippen LogP contribution >= 0.6 is 0 Å². The fourth-order valence-electron chi connectivity index (χ4n) is 5.37. The highest BCUT2D eigenvalue weighted by atomic mass is 19.4. The van der Waals surface area contributed by atoms with Crippen LogP contribution < -0.4 is 5.73 Å². The third-order valence-corrected chi connectivity index (χ3v) is 6.82. The van der Waals surface area contributed by atoms with Gasteiger partial charge in [0.15, 0.2) is 5.69 Å². The highest BCUT2D eigenvalue weighted by Crippen LogP contribution is 2.43. The second-order valence-corrected chi connectivity index (χ2v) is 8.53. The zero-order valence-electron chi connectivity index (χ0n) is 15.3. The van der Waals surface area contributed by atoms with E-state index in [1.807, 2.05) is 4.90 Å². The standard InChI is InChI=1S/C19H27F3N4O/c20-19(21,22)16-9-15(24-25-16)13-5-2-6-26(10-13)18(27)14-7-11-3-1-4-12(8-14)17(11)23/h9,11-14,17H,1-8,10,23H2,(H,24,25). The predicted octanol–water partition coefficient (Wildman–Crippen LogP) is 3.29. The fourth-order valence-corrected chi connectivity index (χ4v) is 5.37. The van der Waals surface area contributed by atoms with Crippen molar-refractivity contribution in [3.8, 4) is 0 Å². The third kappa shape index (κ3) is 3.73. The molecule has 3 unspecified atom stereocenters. The van der Waals surface area contributed by atoms with E-state index in [2.05, 4.69) is 10.2 Å². The second-order valence-electron chi connectivity index (χ2n) is 8.53. The Kier molecular flexibility index (Phi) is 4.94. The molecule has 1 saturated heterocycles. The normalized spacial score (nSPS) is 34.5. The first-order chi connectivity index (χ1) is 12.8. The molecule has 0 spiro atoms. The quantitative estimate of drug-likeness (QED) is 0.822. The molecule has 2 bridgehead atoms. The monoisotopic (exact) mass is 384 g/mol. The van der Waals surface area contributed by atoms with Crippen molar-refractivity contribution in [1.82, 2.24) is 15.1 Å². The summed E-state index contributed by atoms with van der Waals surface area (Å²) in [5.74, 6) is 0.949. The van der Waals surface area contributed by atoms with Crippen molar-refractivity contribution in [3.05, 3.63) is 17.5 Å². The van der Waals surface area contributed by atoms with Crippen LogP contribution in [0, 0.1) is 17.8 Å². The molecule has 3 N–H and O–H groups in total. The zero-order chi connectivity index (χ0) is 19.2. The summed E-state index contributed by atoms with van der Waals surface area (Å²) in [4.78, 5) is 15.0. The number of H-pyrrole nitrogens is 1. The Balaban J connectivity index is 1.42. The summed E-state index contributed by atoms with van der Waals surface area (Å²) >= 11 is 0. The maximum atomic E-state index is 13.1. The summed E-state index contributed by atoms with van der Waals surface area (Å²) in [6.07, 6.45) is 2.27. The number of alkyl halides is 3. The molecule has 1 aliphatic heterocycles. The highest BCUT2D eigenvalue weighted by Gasteiger charge is 2.42. The Morgan fingerprint density at radius 2 is 1.89 bits per heavy atom. The van der Waals surface area contributed by atoms with E-state index in [9.17, 15) is 18.0 Å². The van der Waals surface area contributed by atoms with Crippen molar-refractivity contribution in [2.24, 2.45) is 23.5 Å². The van der Waals surface area contributed by atoms with E-state index in [1.165, 1.54) is 6.42 Å². The zero-order valence-corrected chi connectivity index (χ0v) is 15.3. The molecule has 1 aromatic rings. The number of nitrogens with zero attached hydrogens (tertiary/aromatic N) is 2. The Labute approximate surface area is 156 Å². The fraction of sp³-hybridized carbons (Fsp3) is 0.789. The minimum atomic E-state index is -4.45. The largest absolute Gasteiger partial charge is 0.435 e. The van der Waals surface area contributed by atoms with Crippen LogP contribution in [0.25, 0.3) is 0 Å². The number of carbonyl (C=O) groups is 1. The van der Waals surface area contributed by atoms with Crippen LogP contribution in [-0.2, 0) is 11.0 Å². The number of aromatic nitrogens is 2. The smallest absolute Gasteiger partial charge is 0.342 e. The lowest BCUT2D eigenvalue weighted by atomic mass is 9.65. The van der Waals surface area contributed by atoms with Crippen LogP contribution in [0.2, 0.25) is 0 Å². The molecule has 150 valence electrons. The van der Waals surface area contributed by atoms with Gasteiger partial charge in [-0.25, -0.2) is 0 Å². The average Bonchev–Trinajstić information content (AvgIpc) is 3.12. The summed E-state index contributed by atoms with van der Waals surface area (Å²) in [7, 11) is 0. The number of carbonyl (C=O) groups excluding carboxylic acids is 1. The molecule has 1 amide bonds. The van der Waals surface area contributed by atoms with Crippen LogP contribution in [0.3, 0.4) is 0 Å². The summed E-state index contributed by atoms with van der Waals surface area (Å²) in [6, 6.07) is 1.31. The van der Waals surface area contributed by atoms with Gasteiger partial charge in [-0.05, 0) is 56.4 Å². The molecule has 4 rings (SSSR count). The topological polar surface area (TPSA) is 75.0 Å². The number of nitrogens with two attached hydrogens (primary N) is 1. The van der Waals surface area contributed by atoms with E-state index in [1.54, 1.807) is 0 Å². The van der Waals surface area contributed by atoms with E-state index in [0.717, 1.165) is 44.6 Å². The van der Waals surface area contributed by atoms with Crippen LogP contribution in [0.5, 0.6) is 0 Å². The number of halogens is 3. The molecule has 1 aromatic heterocycles. The number of amides is 1. The summed E-state index contributed by atoms with van der Waals surface area (Å²) in [5.41, 5.74) is 5.91. The van der Waals surface area contributed by atoms with Gasteiger partial charge in [0, 0.05) is 36.7 Å². The van der Waals surface area contributed by atoms with Gasteiger partial charge in [-0.3, -0.25) is 9.89 Å². The lowest BCUT2D eigenvalue weighted by Crippen LogP contribution is -2.50. The molecule has 0 radical (unpaired) electrons. The van der Waals surface area contributed by atoms with Crippen molar-refractivity contribution in [1.29, 1.82) is 0 Å². The van der Waals surface area contributed by atoms with Gasteiger partial charge >= 0.3 is 6.18 Å². The Morgan fingerprint density at radius 1 is 1.19 bits per heavy atom. The van der Waals surface area contributed by atoms with Crippen molar-refractivity contribution in [2.75, 3.05) is 13.1 Å². The van der Waals surface area contributed by atoms with Gasteiger partial charge in [0.1, 0.15) is 0 Å². The SMILES string of the molecule is NC1C2CCCC1CC(C(=O)N1CCCC(c3cc(C(F)(F)F)n[nH]3)C1)C2. The van der Waals surface area contributed by atoms with Crippen molar-refractivity contribution >= 4 is 5.91 Å². The minimum Gasteiger partial charge on any atom is -0.342 e. The molecule has 0 aromatic carbocycles. The van der Waals surface area contributed by atoms with Crippen LogP contribution in [0.1, 0.15) is 62.3 Å². The Morgan fingerprint density at radius 3 is 2.52 bits per heavy atom. The third-order valence-electron chi connectivity index (χ3n) is 6.82. The van der Waals surface area contributed by atoms with Gasteiger partial charge in [0.25, 0.3) is 0 Å². The number of hydrogen-bond acceptors (Lipinski definition) is 3. The maximum absolute atomic E-state index is 13.1. The van der Waals surface area contributed by atoms with Gasteiger partial charge in [-0.15, -0.1) is 0 Å². The van der Waals surface area contributed by atoms with E-state index in [4.69, 9.17) is 5.73 Å². The molecule has 2 aliphatic carbocycles. The first kappa shape index (κ1) is 18.8. The molecular weight excluding hydrogens is 357 g/mol. The molecule has 3 fully saturated rings. The number of aromatic amines is 1. The molecule has 2 heterocycles. The first-order valence-electron chi connectivity index (χ1n) is 10.00. The molecule has 8 heteroatoms. The molecule has 27 heavy (non-hydrogen) atoms. The molecular formula is C19H27F3N4O. The Hall–Kier alpha value is -1.57. The van der Waals surface area contributed by atoms with Gasteiger partial charge in [-0.1, -0.05) is 6.42 Å². The summed E-state index contributed by atoms with van der Waals surface area (Å²) in [6.45, 7) is 1.16. The number of likely N-dealkylation sites (tertiary alicyclic amines) is 1. The van der Waals surface area contributed by atoms with Gasteiger partial charge in [0.2, 0.25) is 5.91 Å². The predicted molar refractivity (Wildman–Crippen MR) is 93.7 cm³/mol. The number of rotatable bonds is 2. The van der Waals surface area contributed by atoms with Gasteiger partial charge < -0.3 is 10.6 Å². The lowest BCUT2D eigenvalue weighted by Gasteiger charge is -2.45. The second kappa shape index (κ2) is 7.11. The van der Waals surface area contributed by atoms with Gasteiger partial charge in [0.05, 0.1) is 0 Å². The lowest BCUT2D eigenvalue weighted by molar-refractivity contribution is -0.141. The van der Waals surface area contributed by atoms with Crippen LogP contribution in [-0.4, -0.2) is 40.1 Å². The van der Waals surface area contributed by atoms with E-state index in [-0.39, 0.29) is 23.8 Å². The van der Waals surface area contributed by atoms with Crippen LogP contribution in [0.15, 0.2) is 6.07 Å². The molecule has 5 nitrogen and oxygen atoms in total. The number of nitrogens with one attached hydrogen (secondary N) is 1. The first-order valence-corrected chi connectivity index (χ1v) is 10.00.